The first kappa shape index (κ1) is 14.8. The van der Waals surface area contributed by atoms with Crippen molar-refractivity contribution in [2.24, 2.45) is 11.1 Å². The largest absolute Gasteiger partial charge is 0.324 e. The van der Waals surface area contributed by atoms with Gasteiger partial charge in [-0.25, -0.2) is 0 Å². The molecular formula is C12H19Cl2N. The van der Waals surface area contributed by atoms with Crippen LogP contribution in [-0.4, -0.2) is 0 Å². The van der Waals surface area contributed by atoms with Crippen molar-refractivity contribution >= 4 is 24.0 Å². The fraction of sp³-hybridized carbons (Fsp3) is 0.500. The molecule has 0 fully saturated rings. The molecule has 1 atom stereocenters. The smallest absolute Gasteiger partial charge is 0.0408 e. The van der Waals surface area contributed by atoms with Crippen molar-refractivity contribution in [2.45, 2.75) is 33.7 Å². The van der Waals surface area contributed by atoms with Crippen LogP contribution in [0.4, 0.5) is 0 Å². The quantitative estimate of drug-likeness (QED) is 0.794. The maximum Gasteiger partial charge on any atom is 0.0408 e. The molecule has 15 heavy (non-hydrogen) atoms. The van der Waals surface area contributed by atoms with E-state index in [1.54, 1.807) is 0 Å². The van der Waals surface area contributed by atoms with Crippen molar-refractivity contribution in [3.8, 4) is 0 Å². The van der Waals surface area contributed by atoms with Crippen molar-refractivity contribution in [1.82, 2.24) is 0 Å². The molecule has 1 nitrogen and oxygen atoms in total. The van der Waals surface area contributed by atoms with Crippen LogP contribution < -0.4 is 5.73 Å². The first-order chi connectivity index (χ1) is 6.32. The van der Waals surface area contributed by atoms with Gasteiger partial charge in [-0.2, -0.15) is 0 Å². The molecule has 1 aromatic carbocycles. The molecule has 86 valence electrons. The Morgan fingerprint density at radius 3 is 2.20 bits per heavy atom. The van der Waals surface area contributed by atoms with Crippen molar-refractivity contribution in [2.75, 3.05) is 0 Å². The highest BCUT2D eigenvalue weighted by atomic mass is 35.5. The van der Waals surface area contributed by atoms with Crippen LogP contribution in [0.15, 0.2) is 18.2 Å². The van der Waals surface area contributed by atoms with Crippen molar-refractivity contribution in [3.63, 3.8) is 0 Å². The number of nitrogens with two attached hydrogens (primary N) is 1. The minimum atomic E-state index is 0. The SMILES string of the molecule is Cc1cc(Cl)ccc1[C@H](N)C(C)(C)C.Cl. The lowest BCUT2D eigenvalue weighted by Crippen LogP contribution is -2.26. The van der Waals surface area contributed by atoms with Crippen LogP contribution in [0.3, 0.4) is 0 Å². The standard InChI is InChI=1S/C12H18ClN.ClH/c1-8-7-9(13)5-6-10(8)11(14)12(2,3)4;/h5-7,11H,14H2,1-4H3;1H/t11-;/m0./s1. The van der Waals surface area contributed by atoms with E-state index in [-0.39, 0.29) is 23.9 Å². The topological polar surface area (TPSA) is 26.0 Å². The summed E-state index contributed by atoms with van der Waals surface area (Å²) < 4.78 is 0. The van der Waals surface area contributed by atoms with Crippen LogP contribution in [0.5, 0.6) is 0 Å². The molecule has 0 aliphatic heterocycles. The van der Waals surface area contributed by atoms with E-state index < -0.39 is 0 Å². The van der Waals surface area contributed by atoms with E-state index in [0.29, 0.717) is 0 Å². The minimum Gasteiger partial charge on any atom is -0.324 e. The fourth-order valence-corrected chi connectivity index (χ4v) is 1.68. The van der Waals surface area contributed by atoms with Crippen molar-refractivity contribution < 1.29 is 0 Å². The summed E-state index contributed by atoms with van der Waals surface area (Å²) in [5.41, 5.74) is 8.61. The predicted octanol–water partition coefficient (Wildman–Crippen LogP) is 4.12. The van der Waals surface area contributed by atoms with Gasteiger partial charge in [-0.15, -0.1) is 12.4 Å². The molecule has 0 bridgehead atoms. The molecule has 0 amide bonds. The zero-order valence-electron chi connectivity index (χ0n) is 9.67. The van der Waals surface area contributed by atoms with Gasteiger partial charge >= 0.3 is 0 Å². The van der Waals surface area contributed by atoms with Gasteiger partial charge in [0.05, 0.1) is 0 Å². The lowest BCUT2D eigenvalue weighted by Gasteiger charge is -2.28. The van der Waals surface area contributed by atoms with Gasteiger partial charge in [0.15, 0.2) is 0 Å². The Morgan fingerprint density at radius 1 is 1.27 bits per heavy atom. The van der Waals surface area contributed by atoms with E-state index >= 15 is 0 Å². The summed E-state index contributed by atoms with van der Waals surface area (Å²) in [6.07, 6.45) is 0. The normalized spacial score (nSPS) is 13.2. The van der Waals surface area contributed by atoms with Gasteiger partial charge < -0.3 is 5.73 Å². The third-order valence-electron chi connectivity index (χ3n) is 2.50. The summed E-state index contributed by atoms with van der Waals surface area (Å²) in [6.45, 7) is 8.48. The van der Waals surface area contributed by atoms with Crippen LogP contribution in [-0.2, 0) is 0 Å². The molecule has 0 unspecified atom stereocenters. The molecule has 1 rings (SSSR count). The van der Waals surface area contributed by atoms with Crippen molar-refractivity contribution in [1.29, 1.82) is 0 Å². The summed E-state index contributed by atoms with van der Waals surface area (Å²) in [6, 6.07) is 5.94. The zero-order valence-corrected chi connectivity index (χ0v) is 11.2. The molecule has 1 aromatic rings. The summed E-state index contributed by atoms with van der Waals surface area (Å²) in [4.78, 5) is 0. The second kappa shape index (κ2) is 5.20. The van der Waals surface area contributed by atoms with Crippen LogP contribution in [0.2, 0.25) is 5.02 Å². The molecule has 0 radical (unpaired) electrons. The second-order valence-electron chi connectivity index (χ2n) is 4.84. The van der Waals surface area contributed by atoms with Crippen LogP contribution >= 0.6 is 24.0 Å². The summed E-state index contributed by atoms with van der Waals surface area (Å²) in [7, 11) is 0. The van der Waals surface area contributed by atoms with Gasteiger partial charge in [-0.1, -0.05) is 38.4 Å². The van der Waals surface area contributed by atoms with Gasteiger partial charge in [-0.3, -0.25) is 0 Å². The molecule has 0 saturated heterocycles. The van der Waals surface area contributed by atoms with E-state index in [0.717, 1.165) is 5.02 Å². The Morgan fingerprint density at radius 2 is 1.80 bits per heavy atom. The predicted molar refractivity (Wildman–Crippen MR) is 69.8 cm³/mol. The number of hydrogen-bond acceptors (Lipinski definition) is 1. The Balaban J connectivity index is 0.00000196. The first-order valence-electron chi connectivity index (χ1n) is 4.84. The highest BCUT2D eigenvalue weighted by molar-refractivity contribution is 6.30. The summed E-state index contributed by atoms with van der Waals surface area (Å²) in [5, 5.41) is 0.771. The maximum atomic E-state index is 6.18. The maximum absolute atomic E-state index is 6.18. The Labute approximate surface area is 103 Å². The Kier molecular flexibility index (Phi) is 5.12. The second-order valence-corrected chi connectivity index (χ2v) is 5.28. The monoisotopic (exact) mass is 247 g/mol. The Hall–Kier alpha value is -0.240. The zero-order chi connectivity index (χ0) is 10.9. The van der Waals surface area contributed by atoms with E-state index in [1.807, 2.05) is 25.1 Å². The van der Waals surface area contributed by atoms with E-state index in [1.165, 1.54) is 11.1 Å². The van der Waals surface area contributed by atoms with Gasteiger partial charge in [0.1, 0.15) is 0 Å². The molecule has 0 saturated carbocycles. The highest BCUT2D eigenvalue weighted by Crippen LogP contribution is 2.32. The van der Waals surface area contributed by atoms with E-state index in [4.69, 9.17) is 17.3 Å². The molecule has 2 N–H and O–H groups in total. The average molecular weight is 248 g/mol. The lowest BCUT2D eigenvalue weighted by molar-refractivity contribution is 0.326. The van der Waals surface area contributed by atoms with E-state index in [2.05, 4.69) is 20.8 Å². The van der Waals surface area contributed by atoms with Gasteiger partial charge in [-0.05, 0) is 35.6 Å². The molecule has 0 heterocycles. The van der Waals surface area contributed by atoms with Crippen LogP contribution in [0.1, 0.15) is 37.9 Å². The molecule has 0 aromatic heterocycles. The molecule has 0 aliphatic carbocycles. The van der Waals surface area contributed by atoms with Crippen LogP contribution in [0.25, 0.3) is 0 Å². The number of aryl methyl sites for hydroxylation is 1. The number of halogens is 2. The first-order valence-corrected chi connectivity index (χ1v) is 5.22. The van der Waals surface area contributed by atoms with Gasteiger partial charge in [0.2, 0.25) is 0 Å². The highest BCUT2D eigenvalue weighted by Gasteiger charge is 2.23. The van der Waals surface area contributed by atoms with Crippen LogP contribution in [0, 0.1) is 12.3 Å². The third kappa shape index (κ3) is 3.67. The van der Waals surface area contributed by atoms with Crippen molar-refractivity contribution in [3.05, 3.63) is 34.3 Å². The summed E-state index contributed by atoms with van der Waals surface area (Å²) >= 11 is 5.90. The fourth-order valence-electron chi connectivity index (χ4n) is 1.45. The number of rotatable bonds is 1. The third-order valence-corrected chi connectivity index (χ3v) is 2.74. The Bertz CT molecular complexity index is 329. The average Bonchev–Trinajstić information content (AvgIpc) is 2.01. The van der Waals surface area contributed by atoms with Gasteiger partial charge in [0, 0.05) is 11.1 Å². The van der Waals surface area contributed by atoms with Gasteiger partial charge in [0.25, 0.3) is 0 Å². The molecule has 0 aliphatic rings. The molecular weight excluding hydrogens is 229 g/mol. The number of benzene rings is 1. The molecule has 3 heteroatoms. The van der Waals surface area contributed by atoms with E-state index in [9.17, 15) is 0 Å². The minimum absolute atomic E-state index is 0. The summed E-state index contributed by atoms with van der Waals surface area (Å²) in [5.74, 6) is 0. The lowest BCUT2D eigenvalue weighted by atomic mass is 9.81. The number of hydrogen-bond donors (Lipinski definition) is 1. The molecule has 0 spiro atoms.